The number of carboxylic acid groups (broad SMARTS) is 1. The van der Waals surface area contributed by atoms with E-state index in [1.54, 1.807) is 0 Å². The van der Waals surface area contributed by atoms with E-state index in [2.05, 4.69) is 10.6 Å². The maximum Gasteiger partial charge on any atom is 0.326 e. The molecule has 0 aromatic rings. The number of aliphatic carboxylic acids is 1. The maximum absolute atomic E-state index is 11.7. The molecule has 0 radical (unpaired) electrons. The number of carbonyl (C=O) groups excluding carboxylic acids is 1. The van der Waals surface area contributed by atoms with Crippen LogP contribution in [0.2, 0.25) is 0 Å². The van der Waals surface area contributed by atoms with Gasteiger partial charge in [0.1, 0.15) is 6.04 Å². The number of fused-ring (bicyclic) bond motifs is 2. The molecular formula is C12H20N2O4. The molecular weight excluding hydrogens is 236 g/mol. The third-order valence-electron chi connectivity index (χ3n) is 4.08. The second-order valence-electron chi connectivity index (χ2n) is 5.30. The minimum absolute atomic E-state index is 0.0273. The van der Waals surface area contributed by atoms with E-state index in [0.29, 0.717) is 5.92 Å². The van der Waals surface area contributed by atoms with Gasteiger partial charge in [0.25, 0.3) is 0 Å². The van der Waals surface area contributed by atoms with E-state index in [1.165, 1.54) is 12.8 Å². The van der Waals surface area contributed by atoms with Crippen LogP contribution in [-0.4, -0.2) is 40.9 Å². The van der Waals surface area contributed by atoms with Gasteiger partial charge >= 0.3 is 12.0 Å². The quantitative estimate of drug-likeness (QED) is 0.569. The fourth-order valence-electron chi connectivity index (χ4n) is 3.18. The summed E-state index contributed by atoms with van der Waals surface area (Å²) < 4.78 is 0. The SMILES string of the molecule is O=C(NC(CCO)C(=O)O)NC1CC2CCC1C2. The first-order chi connectivity index (χ1) is 8.60. The van der Waals surface area contributed by atoms with Crippen LogP contribution < -0.4 is 10.6 Å². The molecule has 2 rings (SSSR count). The lowest BCUT2D eigenvalue weighted by Crippen LogP contribution is -2.50. The van der Waals surface area contributed by atoms with E-state index in [0.717, 1.165) is 18.8 Å². The number of aliphatic hydroxyl groups is 1. The van der Waals surface area contributed by atoms with Crippen molar-refractivity contribution in [1.82, 2.24) is 10.6 Å². The van der Waals surface area contributed by atoms with Crippen molar-refractivity contribution in [2.75, 3.05) is 6.61 Å². The zero-order valence-electron chi connectivity index (χ0n) is 10.3. The highest BCUT2D eigenvalue weighted by Crippen LogP contribution is 2.44. The van der Waals surface area contributed by atoms with Gasteiger partial charge in [0.05, 0.1) is 0 Å². The summed E-state index contributed by atoms with van der Waals surface area (Å²) >= 11 is 0. The number of urea groups is 1. The number of carbonyl (C=O) groups is 2. The first-order valence-electron chi connectivity index (χ1n) is 6.51. The van der Waals surface area contributed by atoms with Crippen molar-refractivity contribution in [2.24, 2.45) is 11.8 Å². The second kappa shape index (κ2) is 5.56. The summed E-state index contributed by atoms with van der Waals surface area (Å²) in [5.74, 6) is 0.169. The number of aliphatic hydroxyl groups excluding tert-OH is 1. The molecule has 2 aliphatic carbocycles. The van der Waals surface area contributed by atoms with E-state index in [4.69, 9.17) is 10.2 Å². The van der Waals surface area contributed by atoms with Crippen LogP contribution in [0.3, 0.4) is 0 Å². The van der Waals surface area contributed by atoms with Crippen molar-refractivity contribution in [3.8, 4) is 0 Å². The lowest BCUT2D eigenvalue weighted by molar-refractivity contribution is -0.139. The molecule has 2 amide bonds. The van der Waals surface area contributed by atoms with Gasteiger partial charge < -0.3 is 20.8 Å². The van der Waals surface area contributed by atoms with Crippen LogP contribution in [0.1, 0.15) is 32.1 Å². The average molecular weight is 256 g/mol. The van der Waals surface area contributed by atoms with Gasteiger partial charge in [0, 0.05) is 19.1 Å². The molecule has 2 fully saturated rings. The van der Waals surface area contributed by atoms with Gasteiger partial charge in [-0.15, -0.1) is 0 Å². The van der Waals surface area contributed by atoms with Crippen LogP contribution >= 0.6 is 0 Å². The smallest absolute Gasteiger partial charge is 0.326 e. The zero-order chi connectivity index (χ0) is 13.1. The van der Waals surface area contributed by atoms with Gasteiger partial charge in [0.15, 0.2) is 0 Å². The zero-order valence-corrected chi connectivity index (χ0v) is 10.3. The second-order valence-corrected chi connectivity index (χ2v) is 5.30. The first kappa shape index (κ1) is 13.1. The van der Waals surface area contributed by atoms with Crippen LogP contribution in [0.5, 0.6) is 0 Å². The Morgan fingerprint density at radius 2 is 2.06 bits per heavy atom. The fourth-order valence-corrected chi connectivity index (χ4v) is 3.18. The van der Waals surface area contributed by atoms with Gasteiger partial charge in [-0.1, -0.05) is 6.42 Å². The molecule has 0 aliphatic heterocycles. The Bertz CT molecular complexity index is 334. The highest BCUT2D eigenvalue weighted by Gasteiger charge is 2.40. The molecule has 4 unspecified atom stereocenters. The summed E-state index contributed by atoms with van der Waals surface area (Å²) in [5, 5.41) is 22.9. The summed E-state index contributed by atoms with van der Waals surface area (Å²) in [7, 11) is 0. The molecule has 18 heavy (non-hydrogen) atoms. The summed E-state index contributed by atoms with van der Waals surface area (Å²) in [6.07, 6.45) is 4.64. The van der Waals surface area contributed by atoms with Gasteiger partial charge in [-0.3, -0.25) is 0 Å². The van der Waals surface area contributed by atoms with Crippen molar-refractivity contribution in [3.63, 3.8) is 0 Å². The molecule has 2 saturated carbocycles. The molecule has 102 valence electrons. The Labute approximate surface area is 106 Å². The molecule has 6 heteroatoms. The van der Waals surface area contributed by atoms with Gasteiger partial charge in [-0.2, -0.15) is 0 Å². The average Bonchev–Trinajstić information content (AvgIpc) is 2.90. The number of hydrogen-bond acceptors (Lipinski definition) is 3. The van der Waals surface area contributed by atoms with Crippen molar-refractivity contribution in [2.45, 2.75) is 44.2 Å². The summed E-state index contributed by atoms with van der Waals surface area (Å²) in [5.41, 5.74) is 0. The van der Waals surface area contributed by atoms with Crippen LogP contribution in [0.15, 0.2) is 0 Å². The van der Waals surface area contributed by atoms with E-state index in [1.807, 2.05) is 0 Å². The standard InChI is InChI=1S/C12H20N2O4/c15-4-3-9(11(16)17)13-12(18)14-10-6-7-1-2-8(10)5-7/h7-10,15H,1-6H2,(H,16,17)(H2,13,14,18). The van der Waals surface area contributed by atoms with Crippen LogP contribution in [0, 0.1) is 11.8 Å². The van der Waals surface area contributed by atoms with E-state index in [-0.39, 0.29) is 19.1 Å². The molecule has 0 saturated heterocycles. The number of hydrogen-bond donors (Lipinski definition) is 4. The Morgan fingerprint density at radius 1 is 1.28 bits per heavy atom. The molecule has 4 N–H and O–H groups in total. The number of carboxylic acids is 1. The molecule has 6 nitrogen and oxygen atoms in total. The predicted octanol–water partition coefficient (Wildman–Crippen LogP) is 0.310. The summed E-state index contributed by atoms with van der Waals surface area (Å²) in [6, 6.07) is -1.27. The monoisotopic (exact) mass is 256 g/mol. The number of rotatable bonds is 5. The minimum atomic E-state index is -1.12. The third-order valence-corrected chi connectivity index (χ3v) is 4.08. The lowest BCUT2D eigenvalue weighted by Gasteiger charge is -2.24. The number of nitrogens with one attached hydrogen (secondary N) is 2. The Morgan fingerprint density at radius 3 is 2.56 bits per heavy atom. The topological polar surface area (TPSA) is 98.7 Å². The summed E-state index contributed by atoms with van der Waals surface area (Å²) in [6.45, 7) is -0.259. The molecule has 2 aliphatic rings. The third kappa shape index (κ3) is 2.93. The van der Waals surface area contributed by atoms with Crippen LogP contribution in [-0.2, 0) is 4.79 Å². The molecule has 0 spiro atoms. The van der Waals surface area contributed by atoms with Gasteiger partial charge in [-0.25, -0.2) is 9.59 Å². The molecule has 4 atom stereocenters. The minimum Gasteiger partial charge on any atom is -0.480 e. The van der Waals surface area contributed by atoms with Gasteiger partial charge in [-0.05, 0) is 31.1 Å². The number of amides is 2. The van der Waals surface area contributed by atoms with Gasteiger partial charge in [0.2, 0.25) is 0 Å². The summed E-state index contributed by atoms with van der Waals surface area (Å²) in [4.78, 5) is 22.5. The maximum atomic E-state index is 11.7. The molecule has 2 bridgehead atoms. The largest absolute Gasteiger partial charge is 0.480 e. The van der Waals surface area contributed by atoms with Crippen LogP contribution in [0.25, 0.3) is 0 Å². The Kier molecular flexibility index (Phi) is 4.06. The molecule has 0 aromatic heterocycles. The molecule has 0 heterocycles. The Balaban J connectivity index is 1.79. The van der Waals surface area contributed by atoms with Crippen molar-refractivity contribution in [3.05, 3.63) is 0 Å². The first-order valence-corrected chi connectivity index (χ1v) is 6.51. The normalized spacial score (nSPS) is 31.1. The highest BCUT2D eigenvalue weighted by atomic mass is 16.4. The highest BCUT2D eigenvalue weighted by molar-refractivity contribution is 5.82. The van der Waals surface area contributed by atoms with E-state index >= 15 is 0 Å². The van der Waals surface area contributed by atoms with E-state index in [9.17, 15) is 9.59 Å². The van der Waals surface area contributed by atoms with Crippen molar-refractivity contribution < 1.29 is 19.8 Å². The predicted molar refractivity (Wildman–Crippen MR) is 64.0 cm³/mol. The van der Waals surface area contributed by atoms with Crippen molar-refractivity contribution >= 4 is 12.0 Å². The molecule has 0 aromatic carbocycles. The van der Waals surface area contributed by atoms with E-state index < -0.39 is 18.0 Å². The van der Waals surface area contributed by atoms with Crippen molar-refractivity contribution in [1.29, 1.82) is 0 Å². The van der Waals surface area contributed by atoms with Crippen LogP contribution in [0.4, 0.5) is 4.79 Å². The lowest BCUT2D eigenvalue weighted by atomic mass is 9.95. The fraction of sp³-hybridized carbons (Fsp3) is 0.833. The Hall–Kier alpha value is -1.30.